The van der Waals surface area contributed by atoms with E-state index >= 15 is 0 Å². The molecule has 1 aromatic carbocycles. The number of β-amino-alcohol motifs (C(OH)–C–C–N with tert-alkyl or cyclic N) is 1. The molecule has 1 unspecified atom stereocenters. The number of aliphatic hydroxyl groups is 1. The lowest BCUT2D eigenvalue weighted by atomic mass is 9.95. The first kappa shape index (κ1) is 17.2. The number of carbonyl (C=O) groups excluding carboxylic acids is 1. The van der Waals surface area contributed by atoms with Crippen molar-refractivity contribution >= 4 is 18.3 Å². The molecule has 22 heavy (non-hydrogen) atoms. The Morgan fingerprint density at radius 3 is 2.55 bits per heavy atom. The highest BCUT2D eigenvalue weighted by Crippen LogP contribution is 2.18. The molecule has 1 saturated heterocycles. The van der Waals surface area contributed by atoms with Gasteiger partial charge >= 0.3 is 0 Å². The van der Waals surface area contributed by atoms with E-state index in [1.165, 1.54) is 11.1 Å². The summed E-state index contributed by atoms with van der Waals surface area (Å²) in [6, 6.07) is 8.23. The molecule has 0 radical (unpaired) electrons. The minimum Gasteiger partial charge on any atom is -0.395 e. The number of fused-ring (bicyclic) bond motifs is 1. The van der Waals surface area contributed by atoms with E-state index in [2.05, 4.69) is 22.3 Å². The van der Waals surface area contributed by atoms with Crippen LogP contribution >= 0.6 is 12.4 Å². The summed E-state index contributed by atoms with van der Waals surface area (Å²) in [6.45, 7) is 4.91. The molecular weight excluding hydrogens is 302 g/mol. The first-order chi connectivity index (χ1) is 10.3. The molecule has 1 amide bonds. The molecule has 3 rings (SSSR count). The van der Waals surface area contributed by atoms with Crippen LogP contribution in [0.15, 0.2) is 24.3 Å². The molecule has 2 heterocycles. The minimum absolute atomic E-state index is 0. The van der Waals surface area contributed by atoms with Crippen LogP contribution in [0.25, 0.3) is 0 Å². The Balaban J connectivity index is 0.00000176. The van der Waals surface area contributed by atoms with Gasteiger partial charge in [-0.25, -0.2) is 0 Å². The summed E-state index contributed by atoms with van der Waals surface area (Å²) in [7, 11) is 0. The maximum Gasteiger partial charge on any atom is 0.240 e. The predicted molar refractivity (Wildman–Crippen MR) is 88.1 cm³/mol. The fourth-order valence-electron chi connectivity index (χ4n) is 3.18. The number of amides is 1. The lowest BCUT2D eigenvalue weighted by molar-refractivity contribution is -0.135. The summed E-state index contributed by atoms with van der Waals surface area (Å²) < 4.78 is 0. The van der Waals surface area contributed by atoms with Crippen LogP contribution in [0, 0.1) is 0 Å². The van der Waals surface area contributed by atoms with Crippen LogP contribution in [0.2, 0.25) is 0 Å². The fourth-order valence-corrected chi connectivity index (χ4v) is 3.18. The van der Waals surface area contributed by atoms with Gasteiger partial charge in [-0.2, -0.15) is 0 Å². The highest BCUT2D eigenvalue weighted by molar-refractivity contribution is 5.85. The molecule has 2 aliphatic rings. The van der Waals surface area contributed by atoms with E-state index in [1.807, 2.05) is 17.0 Å². The molecule has 122 valence electrons. The van der Waals surface area contributed by atoms with Gasteiger partial charge in [0.25, 0.3) is 0 Å². The minimum atomic E-state index is -0.0932. The number of benzene rings is 1. The first-order valence-corrected chi connectivity index (χ1v) is 7.70. The molecule has 6 heteroatoms. The number of carbonyl (C=O) groups is 1. The number of rotatable bonds is 3. The number of hydrogen-bond acceptors (Lipinski definition) is 4. The van der Waals surface area contributed by atoms with Crippen LogP contribution in [-0.2, 0) is 17.8 Å². The largest absolute Gasteiger partial charge is 0.395 e. The first-order valence-electron chi connectivity index (χ1n) is 7.70. The molecule has 2 N–H and O–H groups in total. The number of hydrogen-bond donors (Lipinski definition) is 2. The van der Waals surface area contributed by atoms with Crippen LogP contribution in [0.3, 0.4) is 0 Å². The van der Waals surface area contributed by atoms with Gasteiger partial charge in [-0.05, 0) is 17.5 Å². The van der Waals surface area contributed by atoms with Gasteiger partial charge in [0, 0.05) is 39.3 Å². The third kappa shape index (κ3) is 3.79. The van der Waals surface area contributed by atoms with Crippen molar-refractivity contribution in [1.82, 2.24) is 15.1 Å². The van der Waals surface area contributed by atoms with Gasteiger partial charge < -0.3 is 15.3 Å². The van der Waals surface area contributed by atoms with Gasteiger partial charge in [-0.3, -0.25) is 9.69 Å². The van der Waals surface area contributed by atoms with Crippen molar-refractivity contribution in [3.63, 3.8) is 0 Å². The lowest BCUT2D eigenvalue weighted by Crippen LogP contribution is -2.55. The van der Waals surface area contributed by atoms with E-state index in [0.717, 1.165) is 39.1 Å². The molecule has 1 fully saturated rings. The Kier molecular flexibility index (Phi) is 6.20. The molecule has 2 aliphatic heterocycles. The second-order valence-electron chi connectivity index (χ2n) is 5.80. The van der Waals surface area contributed by atoms with Gasteiger partial charge in [0.1, 0.15) is 0 Å². The third-order valence-corrected chi connectivity index (χ3v) is 4.48. The number of aliphatic hydroxyl groups excluding tert-OH is 1. The van der Waals surface area contributed by atoms with E-state index < -0.39 is 0 Å². The molecule has 0 saturated carbocycles. The number of nitrogens with one attached hydrogen (secondary N) is 1. The van der Waals surface area contributed by atoms with Gasteiger partial charge in [-0.15, -0.1) is 12.4 Å². The monoisotopic (exact) mass is 325 g/mol. The zero-order chi connectivity index (χ0) is 14.7. The van der Waals surface area contributed by atoms with Crippen LogP contribution in [0.5, 0.6) is 0 Å². The zero-order valence-corrected chi connectivity index (χ0v) is 13.5. The number of halogens is 1. The normalized spacial score (nSPS) is 21.9. The van der Waals surface area contributed by atoms with Crippen LogP contribution in [-0.4, -0.2) is 66.2 Å². The molecule has 1 aromatic rings. The van der Waals surface area contributed by atoms with Crippen molar-refractivity contribution < 1.29 is 9.90 Å². The Hall–Kier alpha value is -1.14. The van der Waals surface area contributed by atoms with Crippen LogP contribution in [0.1, 0.15) is 11.1 Å². The SMILES string of the molecule is Cl.O=C(C1Cc2ccccc2CN1)N1CCN(CCO)CC1. The Morgan fingerprint density at radius 1 is 1.18 bits per heavy atom. The molecular formula is C16H24ClN3O2. The molecule has 5 nitrogen and oxygen atoms in total. The highest BCUT2D eigenvalue weighted by atomic mass is 35.5. The summed E-state index contributed by atoms with van der Waals surface area (Å²) in [5.41, 5.74) is 2.59. The molecule has 0 bridgehead atoms. The fraction of sp³-hybridized carbons (Fsp3) is 0.562. The van der Waals surface area contributed by atoms with E-state index in [9.17, 15) is 4.79 Å². The summed E-state index contributed by atoms with van der Waals surface area (Å²) in [5, 5.41) is 12.3. The van der Waals surface area contributed by atoms with Crippen LogP contribution < -0.4 is 5.32 Å². The van der Waals surface area contributed by atoms with Crippen molar-refractivity contribution in [3.05, 3.63) is 35.4 Å². The van der Waals surface area contributed by atoms with E-state index in [4.69, 9.17) is 5.11 Å². The average Bonchev–Trinajstić information content (AvgIpc) is 2.55. The van der Waals surface area contributed by atoms with Crippen molar-refractivity contribution in [1.29, 1.82) is 0 Å². The standard InChI is InChI=1S/C16H23N3O2.ClH/c20-10-9-18-5-7-19(8-6-18)16(21)15-11-13-3-1-2-4-14(13)12-17-15;/h1-4,15,17,20H,5-12H2;1H. The summed E-state index contributed by atoms with van der Waals surface area (Å²) in [6.07, 6.45) is 0.784. The third-order valence-electron chi connectivity index (χ3n) is 4.48. The van der Waals surface area contributed by atoms with E-state index in [-0.39, 0.29) is 31.0 Å². The summed E-state index contributed by atoms with van der Waals surface area (Å²) in [4.78, 5) is 16.8. The van der Waals surface area contributed by atoms with Crippen molar-refractivity contribution in [3.8, 4) is 0 Å². The van der Waals surface area contributed by atoms with Crippen molar-refractivity contribution in [2.45, 2.75) is 19.0 Å². The number of nitrogens with zero attached hydrogens (tertiary/aromatic N) is 2. The van der Waals surface area contributed by atoms with Gasteiger partial charge in [0.15, 0.2) is 0 Å². The second-order valence-corrected chi connectivity index (χ2v) is 5.80. The molecule has 0 aromatic heterocycles. The van der Waals surface area contributed by atoms with Gasteiger partial charge in [0.05, 0.1) is 12.6 Å². The van der Waals surface area contributed by atoms with E-state index in [1.54, 1.807) is 0 Å². The Morgan fingerprint density at radius 2 is 1.86 bits per heavy atom. The van der Waals surface area contributed by atoms with Crippen LogP contribution in [0.4, 0.5) is 0 Å². The van der Waals surface area contributed by atoms with Gasteiger partial charge in [0.2, 0.25) is 5.91 Å². The summed E-state index contributed by atoms with van der Waals surface area (Å²) >= 11 is 0. The zero-order valence-electron chi connectivity index (χ0n) is 12.7. The second kappa shape index (κ2) is 7.92. The van der Waals surface area contributed by atoms with Crippen molar-refractivity contribution in [2.75, 3.05) is 39.3 Å². The molecule has 0 aliphatic carbocycles. The quantitative estimate of drug-likeness (QED) is 0.837. The van der Waals surface area contributed by atoms with Gasteiger partial charge in [-0.1, -0.05) is 24.3 Å². The van der Waals surface area contributed by atoms with Crippen molar-refractivity contribution in [2.24, 2.45) is 0 Å². The maximum atomic E-state index is 12.6. The average molecular weight is 326 g/mol. The Labute approximate surface area is 137 Å². The predicted octanol–water partition coefficient (Wildman–Crippen LogP) is 0.259. The summed E-state index contributed by atoms with van der Waals surface area (Å²) in [5.74, 6) is 0.216. The lowest BCUT2D eigenvalue weighted by Gasteiger charge is -2.37. The Bertz CT molecular complexity index is 504. The maximum absolute atomic E-state index is 12.6. The number of piperazine rings is 1. The molecule has 1 atom stereocenters. The topological polar surface area (TPSA) is 55.8 Å². The highest BCUT2D eigenvalue weighted by Gasteiger charge is 2.29. The van der Waals surface area contributed by atoms with E-state index in [0.29, 0.717) is 6.54 Å². The smallest absolute Gasteiger partial charge is 0.240 e. The molecule has 0 spiro atoms.